The summed E-state index contributed by atoms with van der Waals surface area (Å²) < 4.78 is 5.28. The van der Waals surface area contributed by atoms with Crippen molar-refractivity contribution in [3.8, 4) is 0 Å². The van der Waals surface area contributed by atoms with Gasteiger partial charge in [-0.05, 0) is 44.4 Å². The lowest BCUT2D eigenvalue weighted by molar-refractivity contribution is -0.129. The number of rotatable bonds is 6. The van der Waals surface area contributed by atoms with Gasteiger partial charge in [0.05, 0.1) is 5.54 Å². The molecule has 1 aromatic rings. The number of carbonyl (C=O) groups excluding carboxylic acids is 1. The zero-order valence-corrected chi connectivity index (χ0v) is 13.6. The van der Waals surface area contributed by atoms with Crippen molar-refractivity contribution >= 4 is 11.6 Å². The summed E-state index contributed by atoms with van der Waals surface area (Å²) in [4.78, 5) is 14.5. The fraction of sp³-hybridized carbons (Fsp3) is 0.588. The minimum Gasteiger partial charge on any atom is -0.381 e. The van der Waals surface area contributed by atoms with E-state index in [1.807, 2.05) is 0 Å². The van der Waals surface area contributed by atoms with Gasteiger partial charge in [0.15, 0.2) is 0 Å². The fourth-order valence-electron chi connectivity index (χ4n) is 2.74. The normalized spacial score (nSPS) is 17.0. The number of benzene rings is 1. The molecule has 0 spiro atoms. The van der Waals surface area contributed by atoms with Crippen molar-refractivity contribution in [2.75, 3.05) is 37.7 Å². The van der Waals surface area contributed by atoms with Crippen molar-refractivity contribution in [2.45, 2.75) is 32.2 Å². The zero-order valence-electron chi connectivity index (χ0n) is 13.6. The third-order valence-corrected chi connectivity index (χ3v) is 4.25. The second-order valence-corrected chi connectivity index (χ2v) is 5.94. The number of carbonyl (C=O) groups is 1. The van der Waals surface area contributed by atoms with E-state index < -0.39 is 5.54 Å². The molecule has 0 atom stereocenters. The Bertz CT molecular complexity index is 498. The van der Waals surface area contributed by atoms with Gasteiger partial charge in [0.25, 0.3) is 0 Å². The Morgan fingerprint density at radius 1 is 1.41 bits per heavy atom. The van der Waals surface area contributed by atoms with Gasteiger partial charge in [-0.3, -0.25) is 4.79 Å². The van der Waals surface area contributed by atoms with Crippen LogP contribution >= 0.6 is 0 Å². The second-order valence-electron chi connectivity index (χ2n) is 5.94. The Labute approximate surface area is 132 Å². The van der Waals surface area contributed by atoms with E-state index in [9.17, 15) is 4.79 Å². The lowest BCUT2D eigenvalue weighted by atomic mass is 9.90. The zero-order chi connectivity index (χ0) is 16.0. The van der Waals surface area contributed by atoms with Gasteiger partial charge < -0.3 is 20.7 Å². The summed E-state index contributed by atoms with van der Waals surface area (Å²) in [5.74, 6) is -0.0592. The van der Waals surface area contributed by atoms with Gasteiger partial charge >= 0.3 is 0 Å². The SMILES string of the molecule is CCN(CCNC(=O)C1(N)CCOCC1)c1cccc(C)c1. The van der Waals surface area contributed by atoms with E-state index >= 15 is 0 Å². The maximum Gasteiger partial charge on any atom is 0.240 e. The molecule has 2 rings (SSSR count). The molecule has 5 heteroatoms. The first kappa shape index (κ1) is 16.8. The first-order valence-electron chi connectivity index (χ1n) is 8.02. The quantitative estimate of drug-likeness (QED) is 0.834. The van der Waals surface area contributed by atoms with Crippen molar-refractivity contribution in [3.63, 3.8) is 0 Å². The molecule has 3 N–H and O–H groups in total. The van der Waals surface area contributed by atoms with Crippen LogP contribution in [0.15, 0.2) is 24.3 Å². The smallest absolute Gasteiger partial charge is 0.240 e. The minimum absolute atomic E-state index is 0.0592. The number of anilines is 1. The molecule has 0 aliphatic carbocycles. The van der Waals surface area contributed by atoms with E-state index in [0.717, 1.165) is 13.1 Å². The van der Waals surface area contributed by atoms with E-state index in [2.05, 4.69) is 48.3 Å². The Balaban J connectivity index is 1.85. The maximum atomic E-state index is 12.3. The van der Waals surface area contributed by atoms with Crippen molar-refractivity contribution in [2.24, 2.45) is 5.73 Å². The van der Waals surface area contributed by atoms with Gasteiger partial charge in [0, 0.05) is 38.5 Å². The molecule has 1 saturated heterocycles. The lowest BCUT2D eigenvalue weighted by Gasteiger charge is -2.32. The number of amides is 1. The van der Waals surface area contributed by atoms with Gasteiger partial charge in [-0.2, -0.15) is 0 Å². The van der Waals surface area contributed by atoms with Crippen LogP contribution in [0.3, 0.4) is 0 Å². The van der Waals surface area contributed by atoms with Crippen molar-refractivity contribution in [1.29, 1.82) is 0 Å². The van der Waals surface area contributed by atoms with Crippen LogP contribution in [-0.2, 0) is 9.53 Å². The summed E-state index contributed by atoms with van der Waals surface area (Å²) in [5, 5.41) is 2.98. The molecule has 0 unspecified atom stereocenters. The molecule has 22 heavy (non-hydrogen) atoms. The Morgan fingerprint density at radius 2 is 2.14 bits per heavy atom. The average Bonchev–Trinajstić information content (AvgIpc) is 2.52. The average molecular weight is 305 g/mol. The molecule has 1 aromatic carbocycles. The van der Waals surface area contributed by atoms with Crippen LogP contribution in [0.25, 0.3) is 0 Å². The highest BCUT2D eigenvalue weighted by Gasteiger charge is 2.35. The Morgan fingerprint density at radius 3 is 2.77 bits per heavy atom. The molecule has 0 radical (unpaired) electrons. The highest BCUT2D eigenvalue weighted by molar-refractivity contribution is 5.86. The summed E-state index contributed by atoms with van der Waals surface area (Å²) >= 11 is 0. The van der Waals surface area contributed by atoms with E-state index in [1.54, 1.807) is 0 Å². The van der Waals surface area contributed by atoms with Gasteiger partial charge in [0.2, 0.25) is 5.91 Å². The van der Waals surface area contributed by atoms with Crippen LogP contribution in [0.1, 0.15) is 25.3 Å². The van der Waals surface area contributed by atoms with E-state index in [-0.39, 0.29) is 5.91 Å². The molecular weight excluding hydrogens is 278 g/mol. The third-order valence-electron chi connectivity index (χ3n) is 4.25. The predicted octanol–water partition coefficient (Wildman–Crippen LogP) is 1.45. The third kappa shape index (κ3) is 4.21. The number of ether oxygens (including phenoxy) is 1. The molecule has 1 heterocycles. The number of nitrogens with zero attached hydrogens (tertiary/aromatic N) is 1. The molecule has 0 bridgehead atoms. The Kier molecular flexibility index (Phi) is 5.80. The number of aryl methyl sites for hydroxylation is 1. The number of likely N-dealkylation sites (N-methyl/N-ethyl adjacent to an activating group) is 1. The first-order chi connectivity index (χ1) is 10.5. The molecular formula is C17H27N3O2. The summed E-state index contributed by atoms with van der Waals surface area (Å²) in [7, 11) is 0. The van der Waals surface area contributed by atoms with E-state index in [1.165, 1.54) is 11.3 Å². The standard InChI is InChI=1S/C17H27N3O2/c1-3-20(15-6-4-5-14(2)13-15)10-9-19-16(21)17(18)7-11-22-12-8-17/h4-6,13H,3,7-12,18H2,1-2H3,(H,19,21). The van der Waals surface area contributed by atoms with Gasteiger partial charge in [0.1, 0.15) is 0 Å². The van der Waals surface area contributed by atoms with Crippen molar-refractivity contribution < 1.29 is 9.53 Å². The van der Waals surface area contributed by atoms with Crippen LogP contribution < -0.4 is 16.0 Å². The van der Waals surface area contributed by atoms with E-state index in [4.69, 9.17) is 10.5 Å². The number of hydrogen-bond donors (Lipinski definition) is 2. The fourth-order valence-corrected chi connectivity index (χ4v) is 2.74. The van der Waals surface area contributed by atoms with Crippen LogP contribution in [0.4, 0.5) is 5.69 Å². The molecule has 1 amide bonds. The summed E-state index contributed by atoms with van der Waals surface area (Å²) in [6.45, 7) is 7.61. The first-order valence-corrected chi connectivity index (χ1v) is 8.02. The molecule has 0 saturated carbocycles. The molecule has 1 aliphatic heterocycles. The van der Waals surface area contributed by atoms with Crippen LogP contribution in [0.5, 0.6) is 0 Å². The highest BCUT2D eigenvalue weighted by Crippen LogP contribution is 2.18. The highest BCUT2D eigenvalue weighted by atomic mass is 16.5. The lowest BCUT2D eigenvalue weighted by Crippen LogP contribution is -2.57. The summed E-state index contributed by atoms with van der Waals surface area (Å²) in [5.41, 5.74) is 7.84. The predicted molar refractivity (Wildman–Crippen MR) is 89.0 cm³/mol. The summed E-state index contributed by atoms with van der Waals surface area (Å²) in [6.07, 6.45) is 1.18. The summed E-state index contributed by atoms with van der Waals surface area (Å²) in [6, 6.07) is 8.40. The monoisotopic (exact) mass is 305 g/mol. The second kappa shape index (κ2) is 7.61. The maximum absolute atomic E-state index is 12.3. The molecule has 5 nitrogen and oxygen atoms in total. The Hall–Kier alpha value is -1.59. The van der Waals surface area contributed by atoms with Gasteiger partial charge in [-0.15, -0.1) is 0 Å². The molecule has 1 fully saturated rings. The van der Waals surface area contributed by atoms with Gasteiger partial charge in [-0.25, -0.2) is 0 Å². The van der Waals surface area contributed by atoms with Crippen molar-refractivity contribution in [3.05, 3.63) is 29.8 Å². The topological polar surface area (TPSA) is 67.6 Å². The van der Waals surface area contributed by atoms with Crippen LogP contribution in [0, 0.1) is 6.92 Å². The van der Waals surface area contributed by atoms with E-state index in [0.29, 0.717) is 32.6 Å². The minimum atomic E-state index is -0.765. The molecule has 1 aliphatic rings. The number of hydrogen-bond acceptors (Lipinski definition) is 4. The number of nitrogens with one attached hydrogen (secondary N) is 1. The van der Waals surface area contributed by atoms with Crippen LogP contribution in [0.2, 0.25) is 0 Å². The van der Waals surface area contributed by atoms with Gasteiger partial charge in [-0.1, -0.05) is 12.1 Å². The van der Waals surface area contributed by atoms with Crippen molar-refractivity contribution in [1.82, 2.24) is 5.32 Å². The number of nitrogens with two attached hydrogens (primary N) is 1. The molecule has 0 aromatic heterocycles. The van der Waals surface area contributed by atoms with Crippen LogP contribution in [-0.4, -0.2) is 44.3 Å². The largest absolute Gasteiger partial charge is 0.381 e. The molecule has 122 valence electrons.